The summed E-state index contributed by atoms with van der Waals surface area (Å²) >= 11 is 0. The molecule has 118 valence electrons. The Hall–Kier alpha value is -2.15. The first-order valence-corrected chi connectivity index (χ1v) is 7.58. The van der Waals surface area contributed by atoms with E-state index in [9.17, 15) is 9.90 Å². The van der Waals surface area contributed by atoms with Gasteiger partial charge >= 0.3 is 0 Å². The van der Waals surface area contributed by atoms with E-state index in [0.717, 1.165) is 18.5 Å². The van der Waals surface area contributed by atoms with Crippen LogP contribution in [0.1, 0.15) is 31.0 Å². The Kier molecular flexibility index (Phi) is 4.24. The number of aryl methyl sites for hydroxylation is 2. The maximum Gasteiger partial charge on any atom is 0.222 e. The summed E-state index contributed by atoms with van der Waals surface area (Å²) in [5, 5.41) is 17.6. The number of hydrogen-bond donors (Lipinski definition) is 2. The summed E-state index contributed by atoms with van der Waals surface area (Å²) in [6, 6.07) is 1.70. The van der Waals surface area contributed by atoms with Crippen LogP contribution in [0.25, 0.3) is 0 Å². The topological polar surface area (TPSA) is 85.0 Å². The van der Waals surface area contributed by atoms with E-state index in [4.69, 9.17) is 0 Å². The maximum absolute atomic E-state index is 12.0. The number of hydrogen-bond acceptors (Lipinski definition) is 4. The molecule has 3 atom stereocenters. The van der Waals surface area contributed by atoms with Gasteiger partial charge in [0.05, 0.1) is 30.2 Å². The van der Waals surface area contributed by atoms with Crippen molar-refractivity contribution in [3.63, 3.8) is 0 Å². The van der Waals surface area contributed by atoms with Crippen molar-refractivity contribution in [2.45, 2.75) is 50.9 Å². The summed E-state index contributed by atoms with van der Waals surface area (Å²) in [4.78, 5) is 16.0. The van der Waals surface area contributed by atoms with Gasteiger partial charge in [0, 0.05) is 31.6 Å². The molecule has 0 unspecified atom stereocenters. The van der Waals surface area contributed by atoms with Gasteiger partial charge in [0.25, 0.3) is 0 Å². The van der Waals surface area contributed by atoms with Crippen molar-refractivity contribution < 1.29 is 9.90 Å². The molecule has 7 nitrogen and oxygen atoms in total. The minimum Gasteiger partial charge on any atom is -0.389 e. The van der Waals surface area contributed by atoms with Crippen LogP contribution in [0.15, 0.2) is 31.0 Å². The molecule has 0 radical (unpaired) electrons. The number of aromatic nitrogens is 4. The lowest BCUT2D eigenvalue weighted by atomic mass is 10.1. The van der Waals surface area contributed by atoms with Crippen LogP contribution in [0.5, 0.6) is 0 Å². The van der Waals surface area contributed by atoms with E-state index in [1.165, 1.54) is 0 Å². The largest absolute Gasteiger partial charge is 0.389 e. The molecule has 1 aliphatic rings. The van der Waals surface area contributed by atoms with E-state index < -0.39 is 6.10 Å². The van der Waals surface area contributed by atoms with Gasteiger partial charge in [-0.3, -0.25) is 9.48 Å². The standard InChI is InChI=1S/C15H21N5O2/c1-11-4-7-20(18-11)8-5-14(21)17-12-2-3-13(15(12)22)19-9-6-16-10-19/h4,6-7,9-10,12-13,15,22H,2-3,5,8H2,1H3,(H,17,21)/t12-,13-,15-/m1/s1. The first-order valence-electron chi connectivity index (χ1n) is 7.58. The zero-order chi connectivity index (χ0) is 15.5. The van der Waals surface area contributed by atoms with Gasteiger partial charge in [0.15, 0.2) is 0 Å². The minimum atomic E-state index is -0.579. The van der Waals surface area contributed by atoms with Crippen LogP contribution in [0, 0.1) is 6.92 Å². The summed E-state index contributed by atoms with van der Waals surface area (Å²) in [6.07, 6.45) is 8.51. The molecule has 0 aromatic carbocycles. The molecule has 22 heavy (non-hydrogen) atoms. The Morgan fingerprint density at radius 2 is 2.32 bits per heavy atom. The fourth-order valence-corrected chi connectivity index (χ4v) is 2.99. The quantitative estimate of drug-likeness (QED) is 0.850. The maximum atomic E-state index is 12.0. The van der Waals surface area contributed by atoms with Crippen molar-refractivity contribution >= 4 is 5.91 Å². The second kappa shape index (κ2) is 6.31. The molecule has 0 bridgehead atoms. The predicted octanol–water partition coefficient (Wildman–Crippen LogP) is 0.659. The summed E-state index contributed by atoms with van der Waals surface area (Å²) in [5.74, 6) is -0.0523. The predicted molar refractivity (Wildman–Crippen MR) is 80.0 cm³/mol. The van der Waals surface area contributed by atoms with Crippen molar-refractivity contribution in [1.82, 2.24) is 24.6 Å². The van der Waals surface area contributed by atoms with Gasteiger partial charge in [0.1, 0.15) is 0 Å². The monoisotopic (exact) mass is 303 g/mol. The molecule has 1 amide bonds. The smallest absolute Gasteiger partial charge is 0.222 e. The van der Waals surface area contributed by atoms with Crippen molar-refractivity contribution in [3.8, 4) is 0 Å². The Morgan fingerprint density at radius 3 is 3.00 bits per heavy atom. The second-order valence-corrected chi connectivity index (χ2v) is 5.79. The van der Waals surface area contributed by atoms with Crippen LogP contribution in [-0.4, -0.2) is 42.5 Å². The van der Waals surface area contributed by atoms with Crippen molar-refractivity contribution in [1.29, 1.82) is 0 Å². The Morgan fingerprint density at radius 1 is 1.45 bits per heavy atom. The Bertz CT molecular complexity index is 622. The van der Waals surface area contributed by atoms with Crippen LogP contribution in [-0.2, 0) is 11.3 Å². The van der Waals surface area contributed by atoms with Gasteiger partial charge in [-0.05, 0) is 25.8 Å². The number of carbonyl (C=O) groups excluding carboxylic acids is 1. The van der Waals surface area contributed by atoms with Crippen LogP contribution in [0.2, 0.25) is 0 Å². The number of rotatable bonds is 5. The summed E-state index contributed by atoms with van der Waals surface area (Å²) in [5.41, 5.74) is 0.940. The lowest BCUT2D eigenvalue weighted by molar-refractivity contribution is -0.122. The zero-order valence-electron chi connectivity index (χ0n) is 12.6. The first-order chi connectivity index (χ1) is 10.6. The molecule has 0 saturated heterocycles. The third-order valence-corrected chi connectivity index (χ3v) is 4.18. The van der Waals surface area contributed by atoms with Crippen LogP contribution < -0.4 is 5.32 Å². The highest BCUT2D eigenvalue weighted by Gasteiger charge is 2.36. The molecule has 2 aromatic heterocycles. The number of imidazole rings is 1. The number of amides is 1. The number of aliphatic hydroxyl groups is 1. The van der Waals surface area contributed by atoms with Gasteiger partial charge in [-0.2, -0.15) is 5.10 Å². The van der Waals surface area contributed by atoms with E-state index in [2.05, 4.69) is 15.4 Å². The van der Waals surface area contributed by atoms with Gasteiger partial charge in [-0.25, -0.2) is 4.98 Å². The Labute approximate surface area is 129 Å². The van der Waals surface area contributed by atoms with Crippen LogP contribution >= 0.6 is 0 Å². The molecule has 2 aromatic rings. The van der Waals surface area contributed by atoms with Gasteiger partial charge in [0.2, 0.25) is 5.91 Å². The van der Waals surface area contributed by atoms with E-state index in [1.807, 2.05) is 30.0 Å². The summed E-state index contributed by atoms with van der Waals surface area (Å²) < 4.78 is 3.66. The molecule has 2 heterocycles. The molecule has 0 aliphatic heterocycles. The Balaban J connectivity index is 1.49. The third kappa shape index (κ3) is 3.19. The summed E-state index contributed by atoms with van der Waals surface area (Å²) in [7, 11) is 0. The molecule has 2 N–H and O–H groups in total. The van der Waals surface area contributed by atoms with Crippen molar-refractivity contribution in [3.05, 3.63) is 36.7 Å². The van der Waals surface area contributed by atoms with E-state index >= 15 is 0 Å². The van der Waals surface area contributed by atoms with Gasteiger partial charge in [-0.15, -0.1) is 0 Å². The lowest BCUT2D eigenvalue weighted by Crippen LogP contribution is -2.42. The highest BCUT2D eigenvalue weighted by molar-refractivity contribution is 5.76. The zero-order valence-corrected chi connectivity index (χ0v) is 12.6. The van der Waals surface area contributed by atoms with Crippen LogP contribution in [0.4, 0.5) is 0 Å². The van der Waals surface area contributed by atoms with Crippen molar-refractivity contribution in [2.24, 2.45) is 0 Å². The molecule has 0 spiro atoms. The van der Waals surface area contributed by atoms with E-state index in [1.54, 1.807) is 17.2 Å². The fraction of sp³-hybridized carbons (Fsp3) is 0.533. The average molecular weight is 303 g/mol. The number of nitrogens with zero attached hydrogens (tertiary/aromatic N) is 4. The fourth-order valence-electron chi connectivity index (χ4n) is 2.99. The van der Waals surface area contributed by atoms with E-state index in [0.29, 0.717) is 13.0 Å². The molecule has 1 aliphatic carbocycles. The molecule has 3 rings (SSSR count). The van der Waals surface area contributed by atoms with Gasteiger partial charge < -0.3 is 15.0 Å². The molecule has 7 heteroatoms. The lowest BCUT2D eigenvalue weighted by Gasteiger charge is -2.21. The average Bonchev–Trinajstić information content (AvgIpc) is 3.20. The number of carbonyl (C=O) groups is 1. The highest BCUT2D eigenvalue weighted by Crippen LogP contribution is 2.30. The highest BCUT2D eigenvalue weighted by atomic mass is 16.3. The first kappa shape index (κ1) is 14.8. The third-order valence-electron chi connectivity index (χ3n) is 4.18. The number of aliphatic hydroxyl groups excluding tert-OH is 1. The van der Waals surface area contributed by atoms with Gasteiger partial charge in [-0.1, -0.05) is 0 Å². The number of nitrogens with one attached hydrogen (secondary N) is 1. The molecular weight excluding hydrogens is 282 g/mol. The molecular formula is C15H21N5O2. The molecule has 1 fully saturated rings. The normalized spacial score (nSPS) is 24.5. The summed E-state index contributed by atoms with van der Waals surface area (Å²) in [6.45, 7) is 2.47. The van der Waals surface area contributed by atoms with Crippen molar-refractivity contribution in [2.75, 3.05) is 0 Å². The second-order valence-electron chi connectivity index (χ2n) is 5.79. The van der Waals surface area contributed by atoms with E-state index in [-0.39, 0.29) is 18.0 Å². The van der Waals surface area contributed by atoms with Crippen LogP contribution in [0.3, 0.4) is 0 Å². The molecule has 1 saturated carbocycles. The SMILES string of the molecule is Cc1ccn(CCC(=O)N[C@@H]2CC[C@@H](n3ccnc3)[C@@H]2O)n1. The minimum absolute atomic E-state index is 0.0124.